The quantitative estimate of drug-likeness (QED) is 0.641. The van der Waals surface area contributed by atoms with Crippen LogP contribution in [0, 0.1) is 11.7 Å². The molecule has 9 heteroatoms. The van der Waals surface area contributed by atoms with Gasteiger partial charge in [-0.1, -0.05) is 56.3 Å². The number of hydrogen-bond acceptors (Lipinski definition) is 4. The van der Waals surface area contributed by atoms with Crippen molar-refractivity contribution < 1.29 is 18.8 Å². The topological polar surface area (TPSA) is 76.2 Å². The molecule has 36 heavy (non-hydrogen) atoms. The fourth-order valence-corrected chi connectivity index (χ4v) is 4.95. The van der Waals surface area contributed by atoms with Crippen molar-refractivity contribution in [2.45, 2.75) is 45.4 Å². The lowest BCUT2D eigenvalue weighted by molar-refractivity contribution is -0.187. The minimum absolute atomic E-state index is 0.0205. The number of likely N-dealkylation sites (N-methyl/N-ethyl adjacent to an activating group) is 1. The number of nitrogens with zero attached hydrogens (tertiary/aromatic N) is 4. The molecule has 2 heterocycles. The zero-order valence-electron chi connectivity index (χ0n) is 21.1. The lowest BCUT2D eigenvalue weighted by Gasteiger charge is -2.54. The molecule has 2 aromatic rings. The molecule has 8 nitrogen and oxygen atoms in total. The van der Waals surface area contributed by atoms with Crippen LogP contribution >= 0.6 is 0 Å². The molecule has 2 aromatic carbocycles. The molecular weight excluding hydrogens is 461 g/mol. The number of carbonyl (C=O) groups excluding carboxylic acids is 3. The summed E-state index contributed by atoms with van der Waals surface area (Å²) in [6.07, 6.45) is 0.454. The molecule has 2 atom stereocenters. The third-order valence-electron chi connectivity index (χ3n) is 6.71. The monoisotopic (exact) mass is 495 g/mol. The van der Waals surface area contributed by atoms with Gasteiger partial charge in [-0.2, -0.15) is 0 Å². The Kier molecular flexibility index (Phi) is 7.88. The molecule has 4 rings (SSSR count). The van der Waals surface area contributed by atoms with Gasteiger partial charge in [0, 0.05) is 20.1 Å². The third kappa shape index (κ3) is 5.67. The van der Waals surface area contributed by atoms with E-state index in [-0.39, 0.29) is 42.7 Å². The summed E-state index contributed by atoms with van der Waals surface area (Å²) in [7, 11) is 1.72. The summed E-state index contributed by atoms with van der Waals surface area (Å²) < 4.78 is 13.3. The van der Waals surface area contributed by atoms with Crippen molar-refractivity contribution in [3.8, 4) is 0 Å². The first-order chi connectivity index (χ1) is 17.2. The molecule has 2 fully saturated rings. The Balaban J connectivity index is 1.56. The molecule has 0 aliphatic carbocycles. The number of hydrazine groups is 1. The van der Waals surface area contributed by atoms with Crippen molar-refractivity contribution in [1.82, 2.24) is 25.1 Å². The van der Waals surface area contributed by atoms with E-state index >= 15 is 0 Å². The number of rotatable bonds is 7. The largest absolute Gasteiger partial charge is 0.337 e. The van der Waals surface area contributed by atoms with Gasteiger partial charge in [0.15, 0.2) is 0 Å². The van der Waals surface area contributed by atoms with Crippen LogP contribution in [-0.2, 0) is 22.6 Å². The van der Waals surface area contributed by atoms with Crippen LogP contribution < -0.4 is 5.32 Å². The van der Waals surface area contributed by atoms with Gasteiger partial charge in [0.2, 0.25) is 11.8 Å². The Hall–Kier alpha value is -3.46. The molecule has 1 N–H and O–H groups in total. The molecule has 2 aliphatic rings. The van der Waals surface area contributed by atoms with Gasteiger partial charge in [0.05, 0.1) is 13.1 Å². The Bertz CT molecular complexity index is 1080. The van der Waals surface area contributed by atoms with E-state index in [1.807, 2.05) is 44.2 Å². The molecule has 0 bridgehead atoms. The Morgan fingerprint density at radius 1 is 1.06 bits per heavy atom. The second-order valence-electron chi connectivity index (χ2n) is 9.89. The van der Waals surface area contributed by atoms with Gasteiger partial charge in [0.25, 0.3) is 0 Å². The highest BCUT2D eigenvalue weighted by Gasteiger charge is 2.50. The van der Waals surface area contributed by atoms with E-state index in [1.165, 1.54) is 12.1 Å². The van der Waals surface area contributed by atoms with Crippen LogP contribution in [0.5, 0.6) is 0 Å². The molecule has 192 valence electrons. The number of fused-ring (bicyclic) bond motifs is 1. The lowest BCUT2D eigenvalue weighted by Crippen LogP contribution is -2.76. The maximum atomic E-state index is 13.5. The number of benzene rings is 2. The van der Waals surface area contributed by atoms with E-state index in [0.717, 1.165) is 11.1 Å². The SMILES string of the molecule is CC(C)C[C@H]1C(=O)N(CCc2ccc(F)cc2)C[C@H]2N1C(=O)CN(C)N2C(=O)NCc1ccccc1. The highest BCUT2D eigenvalue weighted by molar-refractivity contribution is 5.91. The van der Waals surface area contributed by atoms with Crippen LogP contribution in [0.4, 0.5) is 9.18 Å². The summed E-state index contributed by atoms with van der Waals surface area (Å²) in [5.41, 5.74) is 1.89. The predicted octanol–water partition coefficient (Wildman–Crippen LogP) is 2.85. The molecule has 0 saturated carbocycles. The maximum absolute atomic E-state index is 13.5. The summed E-state index contributed by atoms with van der Waals surface area (Å²) in [4.78, 5) is 43.4. The molecule has 2 saturated heterocycles. The number of piperazine rings is 1. The Morgan fingerprint density at radius 3 is 2.42 bits per heavy atom. The van der Waals surface area contributed by atoms with Gasteiger partial charge < -0.3 is 15.1 Å². The first kappa shape index (κ1) is 25.6. The molecule has 0 aromatic heterocycles. The van der Waals surface area contributed by atoms with E-state index in [1.54, 1.807) is 39.0 Å². The van der Waals surface area contributed by atoms with Crippen LogP contribution in [0.1, 0.15) is 31.4 Å². The summed E-state index contributed by atoms with van der Waals surface area (Å²) >= 11 is 0. The standard InChI is InChI=1S/C27H34FN5O3/c1-19(2)15-23-26(35)31(14-13-20-9-11-22(28)12-10-20)17-24-32(23)25(34)18-30(3)33(24)27(36)29-16-21-7-5-4-6-8-21/h4-12,19,23-24H,13-18H2,1-3H3,(H,29,36)/t23-,24-/m0/s1. The van der Waals surface area contributed by atoms with Crippen LogP contribution in [0.2, 0.25) is 0 Å². The van der Waals surface area contributed by atoms with Crippen molar-refractivity contribution in [1.29, 1.82) is 0 Å². The summed E-state index contributed by atoms with van der Waals surface area (Å²) in [6, 6.07) is 14.9. The third-order valence-corrected chi connectivity index (χ3v) is 6.71. The average molecular weight is 496 g/mol. The van der Waals surface area contributed by atoms with E-state index in [9.17, 15) is 18.8 Å². The van der Waals surface area contributed by atoms with Crippen LogP contribution in [0.3, 0.4) is 0 Å². The van der Waals surface area contributed by atoms with Gasteiger partial charge in [-0.3, -0.25) is 9.59 Å². The predicted molar refractivity (Wildman–Crippen MR) is 134 cm³/mol. The highest BCUT2D eigenvalue weighted by atomic mass is 19.1. The molecule has 0 unspecified atom stereocenters. The molecule has 0 spiro atoms. The zero-order chi connectivity index (χ0) is 25.8. The first-order valence-corrected chi connectivity index (χ1v) is 12.4. The fraction of sp³-hybridized carbons (Fsp3) is 0.444. The number of hydrogen-bond donors (Lipinski definition) is 1. The Labute approximate surface area is 211 Å². The van der Waals surface area contributed by atoms with Crippen molar-refractivity contribution in [2.75, 3.05) is 26.7 Å². The number of carbonyl (C=O) groups is 3. The molecule has 0 radical (unpaired) electrons. The molecule has 4 amide bonds. The lowest BCUT2D eigenvalue weighted by atomic mass is 9.96. The fourth-order valence-electron chi connectivity index (χ4n) is 4.95. The van der Waals surface area contributed by atoms with E-state index in [2.05, 4.69) is 5.32 Å². The number of nitrogens with one attached hydrogen (secondary N) is 1. The Morgan fingerprint density at radius 2 is 1.75 bits per heavy atom. The molecular formula is C27H34FN5O3. The van der Waals surface area contributed by atoms with Crippen molar-refractivity contribution >= 4 is 17.8 Å². The molecule has 2 aliphatic heterocycles. The van der Waals surface area contributed by atoms with Gasteiger partial charge in [0.1, 0.15) is 18.0 Å². The highest BCUT2D eigenvalue weighted by Crippen LogP contribution is 2.29. The van der Waals surface area contributed by atoms with Gasteiger partial charge >= 0.3 is 6.03 Å². The van der Waals surface area contributed by atoms with Crippen LogP contribution in [0.25, 0.3) is 0 Å². The number of halogens is 1. The normalized spacial score (nSPS) is 20.6. The summed E-state index contributed by atoms with van der Waals surface area (Å²) in [5, 5.41) is 6.15. The van der Waals surface area contributed by atoms with Crippen LogP contribution in [0.15, 0.2) is 54.6 Å². The summed E-state index contributed by atoms with van der Waals surface area (Å²) in [5.74, 6) is -0.387. The second kappa shape index (κ2) is 11.1. The van der Waals surface area contributed by atoms with Gasteiger partial charge in [-0.25, -0.2) is 19.2 Å². The van der Waals surface area contributed by atoms with Gasteiger partial charge in [-0.15, -0.1) is 0 Å². The van der Waals surface area contributed by atoms with Crippen molar-refractivity contribution in [3.05, 3.63) is 71.5 Å². The average Bonchev–Trinajstić information content (AvgIpc) is 2.84. The second-order valence-corrected chi connectivity index (χ2v) is 9.89. The minimum atomic E-state index is -0.636. The smallest absolute Gasteiger partial charge is 0.334 e. The maximum Gasteiger partial charge on any atom is 0.334 e. The van der Waals surface area contributed by atoms with E-state index in [4.69, 9.17) is 0 Å². The minimum Gasteiger partial charge on any atom is -0.337 e. The summed E-state index contributed by atoms with van der Waals surface area (Å²) in [6.45, 7) is 5.04. The van der Waals surface area contributed by atoms with Crippen molar-refractivity contribution in [2.24, 2.45) is 5.92 Å². The number of amides is 4. The van der Waals surface area contributed by atoms with Crippen LogP contribution in [-0.4, -0.2) is 76.6 Å². The first-order valence-electron chi connectivity index (χ1n) is 12.4. The zero-order valence-corrected chi connectivity index (χ0v) is 21.1. The van der Waals surface area contributed by atoms with E-state index < -0.39 is 12.2 Å². The number of urea groups is 1. The van der Waals surface area contributed by atoms with Crippen molar-refractivity contribution in [3.63, 3.8) is 0 Å². The van der Waals surface area contributed by atoms with E-state index in [0.29, 0.717) is 25.9 Å². The van der Waals surface area contributed by atoms with Gasteiger partial charge in [-0.05, 0) is 42.0 Å².